The summed E-state index contributed by atoms with van der Waals surface area (Å²) in [5.41, 5.74) is 4.71. The van der Waals surface area contributed by atoms with Crippen LogP contribution in [-0.2, 0) is 6.18 Å². The number of anilines is 2. The first-order valence-electron chi connectivity index (χ1n) is 6.18. The van der Waals surface area contributed by atoms with Crippen molar-refractivity contribution in [1.82, 2.24) is 0 Å². The standard InChI is InChI=1S/C13H17F3N2O/c14-13(15,16)10-7-9(1-2-11(10)17)18-8-12(3-4-12)5-6-19/h1-2,7,18-19H,3-6,8,17H2. The normalized spacial score (nSPS) is 17.3. The maximum absolute atomic E-state index is 12.7. The minimum atomic E-state index is -4.44. The van der Waals surface area contributed by atoms with Gasteiger partial charge in [-0.05, 0) is 42.9 Å². The van der Waals surface area contributed by atoms with Gasteiger partial charge in [0, 0.05) is 24.5 Å². The number of halogens is 3. The van der Waals surface area contributed by atoms with E-state index < -0.39 is 11.7 Å². The highest BCUT2D eigenvalue weighted by Gasteiger charge is 2.41. The lowest BCUT2D eigenvalue weighted by molar-refractivity contribution is -0.136. The molecule has 0 radical (unpaired) electrons. The Bertz CT molecular complexity index is 456. The van der Waals surface area contributed by atoms with E-state index in [-0.39, 0.29) is 17.7 Å². The summed E-state index contributed by atoms with van der Waals surface area (Å²) < 4.78 is 38.1. The van der Waals surface area contributed by atoms with Crippen molar-refractivity contribution in [2.75, 3.05) is 24.2 Å². The molecule has 2 rings (SSSR count). The zero-order valence-corrected chi connectivity index (χ0v) is 10.4. The number of nitrogens with two attached hydrogens (primary N) is 1. The van der Waals surface area contributed by atoms with Gasteiger partial charge in [0.15, 0.2) is 0 Å². The van der Waals surface area contributed by atoms with Crippen molar-refractivity contribution in [2.45, 2.75) is 25.4 Å². The van der Waals surface area contributed by atoms with E-state index >= 15 is 0 Å². The van der Waals surface area contributed by atoms with Crippen LogP contribution in [0.2, 0.25) is 0 Å². The molecule has 1 aliphatic rings. The highest BCUT2D eigenvalue weighted by molar-refractivity contribution is 5.58. The fraction of sp³-hybridized carbons (Fsp3) is 0.538. The van der Waals surface area contributed by atoms with Crippen molar-refractivity contribution in [2.24, 2.45) is 5.41 Å². The van der Waals surface area contributed by atoms with Crippen LogP contribution in [0.15, 0.2) is 18.2 Å². The van der Waals surface area contributed by atoms with E-state index in [4.69, 9.17) is 10.8 Å². The van der Waals surface area contributed by atoms with Crippen molar-refractivity contribution >= 4 is 11.4 Å². The van der Waals surface area contributed by atoms with Crippen LogP contribution in [0.1, 0.15) is 24.8 Å². The van der Waals surface area contributed by atoms with Crippen molar-refractivity contribution in [1.29, 1.82) is 0 Å². The Labute approximate surface area is 109 Å². The Morgan fingerprint density at radius 2 is 2.00 bits per heavy atom. The van der Waals surface area contributed by atoms with Crippen LogP contribution in [0.25, 0.3) is 0 Å². The topological polar surface area (TPSA) is 58.3 Å². The summed E-state index contributed by atoms with van der Waals surface area (Å²) in [6.07, 6.45) is -1.76. The number of nitrogens with one attached hydrogen (secondary N) is 1. The summed E-state index contributed by atoms with van der Waals surface area (Å²) in [4.78, 5) is 0. The van der Waals surface area contributed by atoms with Crippen LogP contribution in [0.3, 0.4) is 0 Å². The van der Waals surface area contributed by atoms with Gasteiger partial charge in [-0.1, -0.05) is 0 Å². The van der Waals surface area contributed by atoms with E-state index in [1.165, 1.54) is 6.07 Å². The average molecular weight is 274 g/mol. The molecule has 0 aromatic heterocycles. The van der Waals surface area contributed by atoms with Crippen LogP contribution < -0.4 is 11.1 Å². The summed E-state index contributed by atoms with van der Waals surface area (Å²) in [6, 6.07) is 3.83. The van der Waals surface area contributed by atoms with Gasteiger partial charge < -0.3 is 16.2 Å². The van der Waals surface area contributed by atoms with Crippen molar-refractivity contribution in [3.05, 3.63) is 23.8 Å². The van der Waals surface area contributed by atoms with Gasteiger partial charge in [0.1, 0.15) is 0 Å². The first kappa shape index (κ1) is 14.0. The van der Waals surface area contributed by atoms with E-state index in [0.29, 0.717) is 18.7 Å². The largest absolute Gasteiger partial charge is 0.418 e. The van der Waals surface area contributed by atoms with Gasteiger partial charge in [-0.2, -0.15) is 13.2 Å². The van der Waals surface area contributed by atoms with E-state index in [1.807, 2.05) is 0 Å². The molecule has 106 valence electrons. The van der Waals surface area contributed by atoms with Gasteiger partial charge in [-0.15, -0.1) is 0 Å². The maximum atomic E-state index is 12.7. The van der Waals surface area contributed by atoms with Crippen molar-refractivity contribution in [3.8, 4) is 0 Å². The second-order valence-corrected chi connectivity index (χ2v) is 5.13. The quantitative estimate of drug-likeness (QED) is 0.724. The number of rotatable bonds is 5. The number of aliphatic hydroxyl groups excluding tert-OH is 1. The highest BCUT2D eigenvalue weighted by Crippen LogP contribution is 2.48. The molecule has 0 amide bonds. The Balaban J connectivity index is 2.06. The summed E-state index contributed by atoms with van der Waals surface area (Å²) in [6.45, 7) is 0.687. The molecule has 3 nitrogen and oxygen atoms in total. The van der Waals surface area contributed by atoms with Crippen LogP contribution in [0, 0.1) is 5.41 Å². The molecule has 0 saturated heterocycles. The third kappa shape index (κ3) is 3.32. The number of hydrogen-bond donors (Lipinski definition) is 3. The predicted octanol–water partition coefficient (Wildman–Crippen LogP) is 2.86. The lowest BCUT2D eigenvalue weighted by Gasteiger charge is -2.17. The number of alkyl halides is 3. The van der Waals surface area contributed by atoms with Gasteiger partial charge >= 0.3 is 6.18 Å². The molecule has 1 aliphatic carbocycles. The number of benzene rings is 1. The molecule has 0 heterocycles. The number of aliphatic hydroxyl groups is 1. The minimum absolute atomic E-state index is 0.0501. The van der Waals surface area contributed by atoms with E-state index in [2.05, 4.69) is 5.32 Å². The molecule has 4 N–H and O–H groups in total. The molecule has 1 aromatic carbocycles. The van der Waals surface area contributed by atoms with Crippen LogP contribution >= 0.6 is 0 Å². The zero-order valence-electron chi connectivity index (χ0n) is 10.4. The molecule has 0 unspecified atom stereocenters. The first-order chi connectivity index (χ1) is 8.86. The first-order valence-corrected chi connectivity index (χ1v) is 6.18. The van der Waals surface area contributed by atoms with Gasteiger partial charge in [-0.3, -0.25) is 0 Å². The lowest BCUT2D eigenvalue weighted by atomic mass is 10.0. The van der Waals surface area contributed by atoms with Gasteiger partial charge in [-0.25, -0.2) is 0 Å². The molecule has 0 bridgehead atoms. The van der Waals surface area contributed by atoms with Crippen LogP contribution in [0.5, 0.6) is 0 Å². The molecule has 0 atom stereocenters. The van der Waals surface area contributed by atoms with E-state index in [1.54, 1.807) is 6.07 Å². The summed E-state index contributed by atoms with van der Waals surface area (Å²) in [7, 11) is 0. The molecule has 6 heteroatoms. The molecule has 0 aliphatic heterocycles. The zero-order chi connectivity index (χ0) is 14.1. The SMILES string of the molecule is Nc1ccc(NCC2(CCO)CC2)cc1C(F)(F)F. The second kappa shape index (κ2) is 4.92. The lowest BCUT2D eigenvalue weighted by Crippen LogP contribution is -2.17. The molecule has 1 aromatic rings. The van der Waals surface area contributed by atoms with Crippen LogP contribution in [-0.4, -0.2) is 18.3 Å². The average Bonchev–Trinajstić information content (AvgIpc) is 3.07. The van der Waals surface area contributed by atoms with E-state index in [9.17, 15) is 13.2 Å². The van der Waals surface area contributed by atoms with Gasteiger partial charge in [0.25, 0.3) is 0 Å². The Morgan fingerprint density at radius 1 is 1.32 bits per heavy atom. The fourth-order valence-corrected chi connectivity index (χ4v) is 2.13. The van der Waals surface area contributed by atoms with Gasteiger partial charge in [0.2, 0.25) is 0 Å². The predicted molar refractivity (Wildman–Crippen MR) is 67.7 cm³/mol. The smallest absolute Gasteiger partial charge is 0.398 e. The Hall–Kier alpha value is -1.43. The molecule has 1 fully saturated rings. The highest BCUT2D eigenvalue weighted by atomic mass is 19.4. The number of hydrogen-bond acceptors (Lipinski definition) is 3. The minimum Gasteiger partial charge on any atom is -0.398 e. The third-order valence-electron chi connectivity index (χ3n) is 3.63. The van der Waals surface area contributed by atoms with Gasteiger partial charge in [0.05, 0.1) is 5.56 Å². The number of nitrogen functional groups attached to an aromatic ring is 1. The Morgan fingerprint density at radius 3 is 2.53 bits per heavy atom. The van der Waals surface area contributed by atoms with E-state index in [0.717, 1.165) is 18.9 Å². The second-order valence-electron chi connectivity index (χ2n) is 5.13. The summed E-state index contributed by atoms with van der Waals surface area (Å²) >= 11 is 0. The van der Waals surface area contributed by atoms with Crippen molar-refractivity contribution < 1.29 is 18.3 Å². The van der Waals surface area contributed by atoms with Crippen molar-refractivity contribution in [3.63, 3.8) is 0 Å². The molecular formula is C13H17F3N2O. The van der Waals surface area contributed by atoms with Crippen LogP contribution in [0.4, 0.5) is 24.5 Å². The summed E-state index contributed by atoms with van der Waals surface area (Å²) in [5, 5.41) is 11.9. The summed E-state index contributed by atoms with van der Waals surface area (Å²) in [5.74, 6) is 0. The Kier molecular flexibility index (Phi) is 3.62. The molecular weight excluding hydrogens is 257 g/mol. The molecule has 19 heavy (non-hydrogen) atoms. The molecule has 0 spiro atoms. The molecule has 1 saturated carbocycles. The monoisotopic (exact) mass is 274 g/mol. The third-order valence-corrected chi connectivity index (χ3v) is 3.63. The fourth-order valence-electron chi connectivity index (χ4n) is 2.13. The maximum Gasteiger partial charge on any atom is 0.418 e.